The Balaban J connectivity index is 1.57. The molecule has 0 fully saturated rings. The zero-order valence-electron chi connectivity index (χ0n) is 14.9. The highest BCUT2D eigenvalue weighted by Gasteiger charge is 2.24. The van der Waals surface area contributed by atoms with Gasteiger partial charge in [-0.3, -0.25) is 9.00 Å². The molecule has 0 bridgehead atoms. The van der Waals surface area contributed by atoms with Gasteiger partial charge in [0.25, 0.3) is 0 Å². The molecule has 27 heavy (non-hydrogen) atoms. The van der Waals surface area contributed by atoms with Crippen LogP contribution in [0.1, 0.15) is 12.0 Å². The third kappa shape index (κ3) is 5.17. The molecule has 3 rings (SSSR count). The van der Waals surface area contributed by atoms with Crippen LogP contribution in [-0.2, 0) is 22.0 Å². The van der Waals surface area contributed by atoms with E-state index in [2.05, 4.69) is 0 Å². The fraction of sp³-hybridized carbons (Fsp3) is 0.227. The molecule has 0 saturated carbocycles. The molecular formula is C22H22O4S. The predicted molar refractivity (Wildman–Crippen MR) is 109 cm³/mol. The maximum Gasteiger partial charge on any atom is 0.319 e. The summed E-state index contributed by atoms with van der Waals surface area (Å²) in [7, 11) is -1.49. The maximum absolute atomic E-state index is 12.5. The molecule has 0 aliphatic heterocycles. The number of carboxylic acids is 1. The van der Waals surface area contributed by atoms with Gasteiger partial charge >= 0.3 is 5.97 Å². The quantitative estimate of drug-likeness (QED) is 0.606. The van der Waals surface area contributed by atoms with Crippen LogP contribution in [0.25, 0.3) is 10.8 Å². The Labute approximate surface area is 161 Å². The average Bonchev–Trinajstić information content (AvgIpc) is 2.69. The fourth-order valence-electron chi connectivity index (χ4n) is 3.01. The Morgan fingerprint density at radius 2 is 1.67 bits per heavy atom. The van der Waals surface area contributed by atoms with Gasteiger partial charge in [-0.15, -0.1) is 0 Å². The highest BCUT2D eigenvalue weighted by atomic mass is 32.2. The number of aryl methyl sites for hydroxylation is 1. The minimum Gasteiger partial charge on any atom is -0.492 e. The molecule has 2 atom stereocenters. The van der Waals surface area contributed by atoms with Crippen molar-refractivity contribution in [1.29, 1.82) is 0 Å². The standard InChI is InChI=1S/C22H22O4S/c23-22(24)21(14-13-17-7-2-1-3-8-17)27(25)16-15-26-20-12-6-10-18-9-4-5-11-19(18)20/h1-12,21H,13-16H2,(H,23,24). The van der Waals surface area contributed by atoms with Crippen molar-refractivity contribution in [2.45, 2.75) is 18.1 Å². The van der Waals surface area contributed by atoms with E-state index in [-0.39, 0.29) is 12.4 Å². The molecule has 0 spiro atoms. The summed E-state index contributed by atoms with van der Waals surface area (Å²) in [6.45, 7) is 0.218. The molecule has 0 heterocycles. The van der Waals surface area contributed by atoms with Crippen LogP contribution >= 0.6 is 0 Å². The van der Waals surface area contributed by atoms with E-state index in [0.29, 0.717) is 12.8 Å². The molecule has 3 aromatic rings. The highest BCUT2D eigenvalue weighted by Crippen LogP contribution is 2.25. The van der Waals surface area contributed by atoms with E-state index in [4.69, 9.17) is 4.74 Å². The lowest BCUT2D eigenvalue weighted by Gasteiger charge is -2.13. The van der Waals surface area contributed by atoms with Crippen LogP contribution in [0.5, 0.6) is 5.75 Å². The van der Waals surface area contributed by atoms with Crippen molar-refractivity contribution in [3.05, 3.63) is 78.4 Å². The van der Waals surface area contributed by atoms with E-state index in [1.54, 1.807) is 0 Å². The number of rotatable bonds is 9. The predicted octanol–water partition coefficient (Wildman–Crippen LogP) is 4.05. The first-order valence-corrected chi connectivity index (χ1v) is 10.3. The van der Waals surface area contributed by atoms with Crippen molar-refractivity contribution in [3.63, 3.8) is 0 Å². The molecule has 2 unspecified atom stereocenters. The van der Waals surface area contributed by atoms with E-state index < -0.39 is 22.0 Å². The van der Waals surface area contributed by atoms with Gasteiger partial charge in [0.05, 0.1) is 12.4 Å². The number of hydrogen-bond donors (Lipinski definition) is 1. The number of hydrogen-bond acceptors (Lipinski definition) is 3. The molecule has 0 amide bonds. The first-order valence-electron chi connectivity index (χ1n) is 8.89. The van der Waals surface area contributed by atoms with Crippen molar-refractivity contribution in [2.75, 3.05) is 12.4 Å². The average molecular weight is 382 g/mol. The van der Waals surface area contributed by atoms with Crippen LogP contribution in [0.4, 0.5) is 0 Å². The summed E-state index contributed by atoms with van der Waals surface area (Å²) >= 11 is 0. The van der Waals surface area contributed by atoms with Crippen molar-refractivity contribution >= 4 is 27.5 Å². The first kappa shape index (κ1) is 19.1. The Hall–Kier alpha value is -2.66. The number of carbonyl (C=O) groups is 1. The van der Waals surface area contributed by atoms with Crippen molar-refractivity contribution in [1.82, 2.24) is 0 Å². The fourth-order valence-corrected chi connectivity index (χ4v) is 4.15. The van der Waals surface area contributed by atoms with Gasteiger partial charge in [0.15, 0.2) is 0 Å². The van der Waals surface area contributed by atoms with Crippen LogP contribution in [0.2, 0.25) is 0 Å². The molecule has 140 valence electrons. The van der Waals surface area contributed by atoms with Crippen LogP contribution in [-0.4, -0.2) is 32.9 Å². The molecule has 3 aromatic carbocycles. The lowest BCUT2D eigenvalue weighted by atomic mass is 10.1. The molecule has 0 aliphatic carbocycles. The number of aliphatic carboxylic acids is 1. The lowest BCUT2D eigenvalue weighted by Crippen LogP contribution is -2.29. The minimum atomic E-state index is -1.49. The number of benzene rings is 3. The van der Waals surface area contributed by atoms with E-state index in [1.807, 2.05) is 72.8 Å². The Bertz CT molecular complexity index is 919. The van der Waals surface area contributed by atoms with E-state index >= 15 is 0 Å². The van der Waals surface area contributed by atoms with Crippen molar-refractivity contribution in [3.8, 4) is 5.75 Å². The minimum absolute atomic E-state index is 0.189. The Morgan fingerprint density at radius 1 is 0.963 bits per heavy atom. The van der Waals surface area contributed by atoms with Gasteiger partial charge in [-0.25, -0.2) is 0 Å². The summed E-state index contributed by atoms with van der Waals surface area (Å²) in [5, 5.41) is 10.6. The lowest BCUT2D eigenvalue weighted by molar-refractivity contribution is -0.136. The van der Waals surface area contributed by atoms with Gasteiger partial charge in [0, 0.05) is 16.2 Å². The van der Waals surface area contributed by atoms with Crippen LogP contribution in [0, 0.1) is 0 Å². The van der Waals surface area contributed by atoms with Gasteiger partial charge in [-0.1, -0.05) is 66.7 Å². The molecular weight excluding hydrogens is 360 g/mol. The largest absolute Gasteiger partial charge is 0.492 e. The SMILES string of the molecule is O=C(O)C(CCc1ccccc1)S(=O)CCOc1cccc2ccccc12. The van der Waals surface area contributed by atoms with Crippen molar-refractivity contribution < 1.29 is 18.8 Å². The van der Waals surface area contributed by atoms with E-state index in [0.717, 1.165) is 22.1 Å². The van der Waals surface area contributed by atoms with Crippen LogP contribution < -0.4 is 4.74 Å². The zero-order chi connectivity index (χ0) is 19.1. The van der Waals surface area contributed by atoms with Gasteiger partial charge in [-0.05, 0) is 29.9 Å². The van der Waals surface area contributed by atoms with Crippen LogP contribution in [0.15, 0.2) is 72.8 Å². The molecule has 0 aliphatic rings. The summed E-state index contributed by atoms with van der Waals surface area (Å²) in [5.74, 6) is -0.106. The summed E-state index contributed by atoms with van der Waals surface area (Å²) in [6.07, 6.45) is 0.938. The monoisotopic (exact) mass is 382 g/mol. The number of carboxylic acid groups (broad SMARTS) is 1. The smallest absolute Gasteiger partial charge is 0.319 e. The highest BCUT2D eigenvalue weighted by molar-refractivity contribution is 7.86. The Morgan fingerprint density at radius 3 is 2.44 bits per heavy atom. The first-order chi connectivity index (χ1) is 13.1. The van der Waals surface area contributed by atoms with Crippen molar-refractivity contribution in [2.24, 2.45) is 0 Å². The van der Waals surface area contributed by atoms with Gasteiger partial charge < -0.3 is 9.84 Å². The summed E-state index contributed by atoms with van der Waals surface area (Å²) in [4.78, 5) is 11.5. The molecule has 0 radical (unpaired) electrons. The molecule has 0 saturated heterocycles. The van der Waals surface area contributed by atoms with Gasteiger partial charge in [0.1, 0.15) is 11.0 Å². The van der Waals surface area contributed by atoms with E-state index in [1.165, 1.54) is 0 Å². The number of fused-ring (bicyclic) bond motifs is 1. The zero-order valence-corrected chi connectivity index (χ0v) is 15.7. The van der Waals surface area contributed by atoms with E-state index in [9.17, 15) is 14.1 Å². The Kier molecular flexibility index (Phi) is 6.60. The van der Waals surface area contributed by atoms with Gasteiger partial charge in [0.2, 0.25) is 0 Å². The molecule has 5 heteroatoms. The molecule has 1 N–H and O–H groups in total. The summed E-state index contributed by atoms with van der Waals surface area (Å²) in [6, 6.07) is 23.3. The molecule has 0 aromatic heterocycles. The summed E-state index contributed by atoms with van der Waals surface area (Å²) in [5.41, 5.74) is 1.05. The van der Waals surface area contributed by atoms with Crippen LogP contribution in [0.3, 0.4) is 0 Å². The van der Waals surface area contributed by atoms with Gasteiger partial charge in [-0.2, -0.15) is 0 Å². The topological polar surface area (TPSA) is 63.6 Å². The second kappa shape index (κ2) is 9.33. The summed E-state index contributed by atoms with van der Waals surface area (Å²) < 4.78 is 18.3. The third-order valence-electron chi connectivity index (χ3n) is 4.42. The third-order valence-corrected chi connectivity index (χ3v) is 6.06. The normalized spacial score (nSPS) is 13.2. The second-order valence-corrected chi connectivity index (χ2v) is 8.00. The maximum atomic E-state index is 12.5. The second-order valence-electron chi connectivity index (χ2n) is 6.26. The number of ether oxygens (including phenoxy) is 1. The molecule has 4 nitrogen and oxygen atoms in total.